The van der Waals surface area contributed by atoms with Gasteiger partial charge in [-0.15, -0.1) is 11.3 Å². The first-order valence-corrected chi connectivity index (χ1v) is 8.75. The van der Waals surface area contributed by atoms with E-state index in [0.29, 0.717) is 34.9 Å². The van der Waals surface area contributed by atoms with E-state index in [1.165, 1.54) is 17.4 Å². The minimum absolute atomic E-state index is 0.150. The second kappa shape index (κ2) is 6.37. The van der Waals surface area contributed by atoms with Crippen LogP contribution in [0.3, 0.4) is 0 Å². The van der Waals surface area contributed by atoms with Crippen LogP contribution in [0.15, 0.2) is 48.5 Å². The fourth-order valence-corrected chi connectivity index (χ4v) is 3.93. The van der Waals surface area contributed by atoms with E-state index >= 15 is 0 Å². The van der Waals surface area contributed by atoms with Crippen molar-refractivity contribution in [1.29, 1.82) is 0 Å². The van der Waals surface area contributed by atoms with Crippen LogP contribution in [-0.2, 0) is 0 Å². The van der Waals surface area contributed by atoms with Crippen LogP contribution in [0.4, 0.5) is 4.39 Å². The van der Waals surface area contributed by atoms with Crippen molar-refractivity contribution in [2.45, 2.75) is 6.10 Å². The lowest BCUT2D eigenvalue weighted by atomic mass is 10.2. The summed E-state index contributed by atoms with van der Waals surface area (Å²) < 4.78 is 26.2. The van der Waals surface area contributed by atoms with Crippen molar-refractivity contribution in [2.24, 2.45) is 0 Å². The number of benzene rings is 2. The van der Waals surface area contributed by atoms with Gasteiger partial charge in [0.05, 0.1) is 11.4 Å². The predicted molar refractivity (Wildman–Crippen MR) is 95.1 cm³/mol. The Morgan fingerprint density at radius 2 is 2.04 bits per heavy atom. The van der Waals surface area contributed by atoms with Gasteiger partial charge in [-0.25, -0.2) is 4.39 Å². The van der Waals surface area contributed by atoms with Gasteiger partial charge in [-0.2, -0.15) is 0 Å². The van der Waals surface area contributed by atoms with Gasteiger partial charge in [0.25, 0.3) is 5.91 Å². The molecule has 0 aliphatic carbocycles. The monoisotopic (exact) mass is 357 g/mol. The maximum atomic E-state index is 13.8. The Bertz CT molecular complexity index is 939. The molecule has 0 N–H and O–H groups in total. The molecule has 0 radical (unpaired) electrons. The average Bonchev–Trinajstić information content (AvgIpc) is 3.06. The topological polar surface area (TPSA) is 38.8 Å². The number of carbonyl (C=O) groups excluding carboxylic acids is 1. The minimum Gasteiger partial charge on any atom is -0.486 e. The summed E-state index contributed by atoms with van der Waals surface area (Å²) in [4.78, 5) is 14.8. The Morgan fingerprint density at radius 3 is 2.84 bits per heavy atom. The van der Waals surface area contributed by atoms with E-state index in [-0.39, 0.29) is 17.8 Å². The number of fused-ring (bicyclic) bond motifs is 2. The molecule has 1 unspecified atom stereocenters. The Morgan fingerprint density at radius 1 is 1.24 bits per heavy atom. The van der Waals surface area contributed by atoms with Crippen LogP contribution >= 0.6 is 11.3 Å². The van der Waals surface area contributed by atoms with E-state index in [4.69, 9.17) is 9.47 Å². The summed E-state index contributed by atoms with van der Waals surface area (Å²) in [7, 11) is 1.72. The molecule has 2 heterocycles. The molecule has 128 valence electrons. The maximum absolute atomic E-state index is 13.8. The number of nitrogens with zero attached hydrogens (tertiary/aromatic N) is 1. The summed E-state index contributed by atoms with van der Waals surface area (Å²) in [6, 6.07) is 13.9. The number of halogens is 1. The highest BCUT2D eigenvalue weighted by atomic mass is 32.1. The second-order valence-corrected chi connectivity index (χ2v) is 7.03. The molecular weight excluding hydrogens is 341 g/mol. The summed E-state index contributed by atoms with van der Waals surface area (Å²) in [6.45, 7) is 0.777. The van der Waals surface area contributed by atoms with Crippen LogP contribution in [0, 0.1) is 5.82 Å². The molecule has 1 aromatic heterocycles. The molecule has 25 heavy (non-hydrogen) atoms. The predicted octanol–water partition coefficient (Wildman–Crippen LogP) is 3.95. The average molecular weight is 357 g/mol. The van der Waals surface area contributed by atoms with Crippen LogP contribution in [0.1, 0.15) is 9.67 Å². The molecule has 3 aromatic rings. The molecule has 1 amide bonds. The fourth-order valence-electron chi connectivity index (χ4n) is 2.86. The van der Waals surface area contributed by atoms with Gasteiger partial charge >= 0.3 is 0 Å². The first-order chi connectivity index (χ1) is 12.1. The van der Waals surface area contributed by atoms with E-state index < -0.39 is 0 Å². The van der Waals surface area contributed by atoms with Crippen LogP contribution < -0.4 is 9.47 Å². The molecule has 6 heteroatoms. The molecule has 1 atom stereocenters. The SMILES string of the molecule is CN(CC1COc2ccccc2O1)C(=O)c1cc2c(F)cccc2s1. The zero-order valence-electron chi connectivity index (χ0n) is 13.6. The van der Waals surface area contributed by atoms with Crippen LogP contribution in [0.5, 0.6) is 11.5 Å². The number of hydrogen-bond acceptors (Lipinski definition) is 4. The Balaban J connectivity index is 1.48. The van der Waals surface area contributed by atoms with Crippen molar-refractivity contribution in [3.8, 4) is 11.5 Å². The van der Waals surface area contributed by atoms with Gasteiger partial charge in [-0.3, -0.25) is 4.79 Å². The molecule has 4 rings (SSSR count). The molecule has 1 aliphatic rings. The van der Waals surface area contributed by atoms with Gasteiger partial charge in [0.1, 0.15) is 12.4 Å². The van der Waals surface area contributed by atoms with E-state index in [2.05, 4.69) is 0 Å². The molecule has 0 saturated heterocycles. The summed E-state index contributed by atoms with van der Waals surface area (Å²) in [5.41, 5.74) is 0. The number of thiophene rings is 1. The molecule has 0 bridgehead atoms. The Labute approximate surface area is 148 Å². The normalized spacial score (nSPS) is 16.0. The van der Waals surface area contributed by atoms with Crippen molar-refractivity contribution < 1.29 is 18.7 Å². The zero-order valence-corrected chi connectivity index (χ0v) is 14.4. The number of carbonyl (C=O) groups is 1. The van der Waals surface area contributed by atoms with Crippen molar-refractivity contribution in [3.63, 3.8) is 0 Å². The van der Waals surface area contributed by atoms with Gasteiger partial charge < -0.3 is 14.4 Å². The van der Waals surface area contributed by atoms with Crippen molar-refractivity contribution in [2.75, 3.05) is 20.2 Å². The first kappa shape index (κ1) is 15.9. The third-order valence-corrected chi connectivity index (χ3v) is 5.20. The summed E-state index contributed by atoms with van der Waals surface area (Å²) in [5.74, 6) is 0.940. The van der Waals surface area contributed by atoms with E-state index in [1.54, 1.807) is 24.1 Å². The number of amides is 1. The molecule has 0 saturated carbocycles. The van der Waals surface area contributed by atoms with Crippen molar-refractivity contribution in [1.82, 2.24) is 4.90 Å². The van der Waals surface area contributed by atoms with Gasteiger partial charge in [0, 0.05) is 17.1 Å². The molecule has 0 spiro atoms. The molecule has 2 aromatic carbocycles. The molecule has 1 aliphatic heterocycles. The number of likely N-dealkylation sites (N-methyl/N-ethyl adjacent to an activating group) is 1. The Hall–Kier alpha value is -2.60. The third-order valence-electron chi connectivity index (χ3n) is 4.11. The van der Waals surface area contributed by atoms with Gasteiger partial charge in [-0.1, -0.05) is 18.2 Å². The lowest BCUT2D eigenvalue weighted by Gasteiger charge is -2.29. The number of hydrogen-bond donors (Lipinski definition) is 0. The van der Waals surface area contributed by atoms with E-state index in [0.717, 1.165) is 4.70 Å². The molecule has 0 fully saturated rings. The smallest absolute Gasteiger partial charge is 0.263 e. The van der Waals surface area contributed by atoms with Crippen molar-refractivity contribution >= 4 is 27.3 Å². The quantitative estimate of drug-likeness (QED) is 0.712. The van der Waals surface area contributed by atoms with E-state index in [9.17, 15) is 9.18 Å². The summed E-state index contributed by atoms with van der Waals surface area (Å²) >= 11 is 1.30. The van der Waals surface area contributed by atoms with Crippen LogP contribution in [0.2, 0.25) is 0 Å². The highest BCUT2D eigenvalue weighted by Crippen LogP contribution is 2.31. The van der Waals surface area contributed by atoms with Crippen molar-refractivity contribution in [3.05, 3.63) is 59.2 Å². The highest BCUT2D eigenvalue weighted by Gasteiger charge is 2.25. The van der Waals surface area contributed by atoms with Crippen LogP contribution in [-0.4, -0.2) is 37.1 Å². The lowest BCUT2D eigenvalue weighted by molar-refractivity contribution is 0.0524. The molecule has 4 nitrogen and oxygen atoms in total. The first-order valence-electron chi connectivity index (χ1n) is 7.94. The Kier molecular flexibility index (Phi) is 4.05. The number of ether oxygens (including phenoxy) is 2. The van der Waals surface area contributed by atoms with Gasteiger partial charge in [-0.05, 0) is 30.3 Å². The second-order valence-electron chi connectivity index (χ2n) is 5.95. The third kappa shape index (κ3) is 3.05. The van der Waals surface area contributed by atoms with Crippen LogP contribution in [0.25, 0.3) is 10.1 Å². The fraction of sp³-hybridized carbons (Fsp3) is 0.211. The van der Waals surface area contributed by atoms with Gasteiger partial charge in [0.2, 0.25) is 0 Å². The van der Waals surface area contributed by atoms with Gasteiger partial charge in [0.15, 0.2) is 17.6 Å². The standard InChI is InChI=1S/C19H16FNO3S/c1-21(10-12-11-23-15-6-2-3-7-16(15)24-12)19(22)18-9-13-14(20)5-4-8-17(13)25-18/h2-9,12H,10-11H2,1H3. The summed E-state index contributed by atoms with van der Waals surface area (Å²) in [5, 5.41) is 0.482. The zero-order chi connectivity index (χ0) is 17.4. The van der Waals surface area contributed by atoms with E-state index in [1.807, 2.05) is 30.3 Å². The molecular formula is C19H16FNO3S. The maximum Gasteiger partial charge on any atom is 0.263 e. The largest absolute Gasteiger partial charge is 0.486 e. The highest BCUT2D eigenvalue weighted by molar-refractivity contribution is 7.20. The number of rotatable bonds is 3. The lowest BCUT2D eigenvalue weighted by Crippen LogP contribution is -2.41. The number of para-hydroxylation sites is 2. The minimum atomic E-state index is -0.309. The summed E-state index contributed by atoms with van der Waals surface area (Å²) in [6.07, 6.45) is -0.241.